The lowest BCUT2D eigenvalue weighted by Crippen LogP contribution is -2.19. The number of fused-ring (bicyclic) bond motifs is 5. The van der Waals surface area contributed by atoms with Crippen molar-refractivity contribution in [3.63, 3.8) is 0 Å². The zero-order valence-electron chi connectivity index (χ0n) is 9.84. The minimum Gasteiger partial charge on any atom is -0.285 e. The van der Waals surface area contributed by atoms with Gasteiger partial charge in [0.25, 0.3) is 0 Å². The molecule has 1 heterocycles. The van der Waals surface area contributed by atoms with Gasteiger partial charge in [0.2, 0.25) is 11.6 Å². The molecule has 2 nitrogen and oxygen atoms in total. The molecule has 4 rings (SSSR count). The molecule has 0 saturated carbocycles. The Morgan fingerprint density at radius 2 is 1.42 bits per heavy atom. The first-order valence-corrected chi connectivity index (χ1v) is 6.79. The molecule has 3 aromatic rings. The quantitative estimate of drug-likeness (QED) is 0.576. The molecule has 1 aliphatic rings. The van der Waals surface area contributed by atoms with Crippen LogP contribution >= 0.6 is 11.3 Å². The summed E-state index contributed by atoms with van der Waals surface area (Å²) in [6.45, 7) is 0. The fourth-order valence-electron chi connectivity index (χ4n) is 2.60. The zero-order chi connectivity index (χ0) is 13.0. The van der Waals surface area contributed by atoms with Gasteiger partial charge in [-0.15, -0.1) is 11.3 Å². The van der Waals surface area contributed by atoms with Crippen molar-refractivity contribution >= 4 is 33.0 Å². The molecular weight excluding hydrogens is 256 g/mol. The number of hydrogen-bond acceptors (Lipinski definition) is 3. The molecule has 1 aliphatic carbocycles. The molecule has 19 heavy (non-hydrogen) atoms. The van der Waals surface area contributed by atoms with E-state index >= 15 is 0 Å². The second-order valence-corrected chi connectivity index (χ2v) is 5.56. The van der Waals surface area contributed by atoms with Crippen LogP contribution in [0.25, 0.3) is 21.2 Å². The first-order valence-electron chi connectivity index (χ1n) is 5.97. The first kappa shape index (κ1) is 10.6. The van der Waals surface area contributed by atoms with E-state index in [1.807, 2.05) is 36.4 Å². The van der Waals surface area contributed by atoms with Crippen LogP contribution in [0.2, 0.25) is 0 Å². The highest BCUT2D eigenvalue weighted by atomic mass is 32.1. The van der Waals surface area contributed by atoms with Crippen LogP contribution in [0.1, 0.15) is 20.0 Å². The van der Waals surface area contributed by atoms with Gasteiger partial charge in [0.15, 0.2) is 0 Å². The Balaban J connectivity index is 2.22. The molecule has 0 spiro atoms. The van der Waals surface area contributed by atoms with E-state index in [0.717, 1.165) is 21.2 Å². The molecule has 0 fully saturated rings. The van der Waals surface area contributed by atoms with Gasteiger partial charge in [-0.25, -0.2) is 0 Å². The van der Waals surface area contributed by atoms with Gasteiger partial charge >= 0.3 is 0 Å². The van der Waals surface area contributed by atoms with Crippen LogP contribution in [0, 0.1) is 0 Å². The molecule has 0 radical (unpaired) electrons. The van der Waals surface area contributed by atoms with Crippen molar-refractivity contribution in [2.24, 2.45) is 0 Å². The van der Waals surface area contributed by atoms with Crippen molar-refractivity contribution in [3.8, 4) is 11.1 Å². The maximum atomic E-state index is 12.2. The Hall–Kier alpha value is -2.26. The second kappa shape index (κ2) is 3.62. The second-order valence-electron chi connectivity index (χ2n) is 4.51. The number of carbonyl (C=O) groups excluding carboxylic acids is 2. The Bertz CT molecular complexity index is 858. The molecule has 2 aromatic carbocycles. The van der Waals surface area contributed by atoms with Gasteiger partial charge < -0.3 is 0 Å². The smallest absolute Gasteiger partial charge is 0.244 e. The molecular formula is C16H8O2S. The molecule has 0 aliphatic heterocycles. The minimum atomic E-state index is -0.394. The molecule has 0 bridgehead atoms. The number of ketones is 2. The molecule has 0 atom stereocenters. The summed E-state index contributed by atoms with van der Waals surface area (Å²) in [5.74, 6) is -0.774. The summed E-state index contributed by atoms with van der Waals surface area (Å²) in [4.78, 5) is 24.9. The van der Waals surface area contributed by atoms with E-state index in [-0.39, 0.29) is 5.78 Å². The normalized spacial score (nSPS) is 13.5. The Morgan fingerprint density at radius 1 is 0.737 bits per heavy atom. The number of benzene rings is 2. The van der Waals surface area contributed by atoms with E-state index in [9.17, 15) is 9.59 Å². The van der Waals surface area contributed by atoms with Gasteiger partial charge in [-0.3, -0.25) is 9.59 Å². The number of rotatable bonds is 0. The van der Waals surface area contributed by atoms with E-state index in [4.69, 9.17) is 0 Å². The molecule has 3 heteroatoms. The van der Waals surface area contributed by atoms with E-state index in [1.54, 1.807) is 12.1 Å². The van der Waals surface area contributed by atoms with Crippen molar-refractivity contribution in [2.45, 2.75) is 0 Å². The Labute approximate surface area is 113 Å². The predicted molar refractivity (Wildman–Crippen MR) is 75.9 cm³/mol. The monoisotopic (exact) mass is 264 g/mol. The van der Waals surface area contributed by atoms with Crippen LogP contribution in [-0.2, 0) is 0 Å². The minimum absolute atomic E-state index is 0.380. The fraction of sp³-hybridized carbons (Fsp3) is 0. The molecule has 1 aromatic heterocycles. The third kappa shape index (κ3) is 1.30. The lowest BCUT2D eigenvalue weighted by Gasteiger charge is -2.14. The van der Waals surface area contributed by atoms with Crippen LogP contribution < -0.4 is 0 Å². The highest BCUT2D eigenvalue weighted by Gasteiger charge is 2.33. The molecule has 90 valence electrons. The molecule has 0 N–H and O–H groups in total. The number of thiophene rings is 1. The van der Waals surface area contributed by atoms with Crippen LogP contribution in [0.5, 0.6) is 0 Å². The van der Waals surface area contributed by atoms with Gasteiger partial charge in [0.05, 0.1) is 4.88 Å². The average Bonchev–Trinajstić information content (AvgIpc) is 2.84. The van der Waals surface area contributed by atoms with Crippen LogP contribution in [0.15, 0.2) is 48.5 Å². The summed E-state index contributed by atoms with van der Waals surface area (Å²) in [7, 11) is 0. The molecule has 0 amide bonds. The van der Waals surface area contributed by atoms with Crippen molar-refractivity contribution in [2.75, 3.05) is 0 Å². The number of hydrogen-bond donors (Lipinski definition) is 0. The standard InChI is InChI=1S/C16H8O2S/c17-14-10-6-2-1-5-9(10)13-11-7-3-4-8-12(11)19-16(13)15(14)18/h1-8H. The topological polar surface area (TPSA) is 34.1 Å². The zero-order valence-corrected chi connectivity index (χ0v) is 10.7. The largest absolute Gasteiger partial charge is 0.285 e. The van der Waals surface area contributed by atoms with Gasteiger partial charge in [-0.1, -0.05) is 42.5 Å². The summed E-state index contributed by atoms with van der Waals surface area (Å²) in [5, 5.41) is 1.05. The molecule has 0 unspecified atom stereocenters. The third-order valence-electron chi connectivity index (χ3n) is 3.45. The average molecular weight is 264 g/mol. The summed E-state index contributed by atoms with van der Waals surface area (Å²) in [6, 6.07) is 15.2. The SMILES string of the molecule is O=C1C(=O)c2sc3ccccc3c2-c2ccccc21. The van der Waals surface area contributed by atoms with Crippen molar-refractivity contribution in [1.82, 2.24) is 0 Å². The maximum Gasteiger partial charge on any atom is 0.244 e. The first-order chi connectivity index (χ1) is 9.27. The maximum absolute atomic E-state index is 12.2. The van der Waals surface area contributed by atoms with Crippen LogP contribution in [0.4, 0.5) is 0 Å². The summed E-state index contributed by atoms with van der Waals surface area (Å²) >= 11 is 1.40. The van der Waals surface area contributed by atoms with E-state index < -0.39 is 5.78 Å². The van der Waals surface area contributed by atoms with E-state index in [2.05, 4.69) is 0 Å². The van der Waals surface area contributed by atoms with Gasteiger partial charge in [0, 0.05) is 21.2 Å². The Kier molecular flexibility index (Phi) is 2.03. The third-order valence-corrected chi connectivity index (χ3v) is 4.62. The van der Waals surface area contributed by atoms with Crippen molar-refractivity contribution < 1.29 is 9.59 Å². The fourth-order valence-corrected chi connectivity index (χ4v) is 3.75. The van der Waals surface area contributed by atoms with Gasteiger partial charge in [-0.05, 0) is 11.6 Å². The lowest BCUT2D eigenvalue weighted by molar-refractivity contribution is 0.0818. The van der Waals surface area contributed by atoms with E-state index in [0.29, 0.717) is 10.4 Å². The molecule has 0 saturated heterocycles. The Morgan fingerprint density at radius 3 is 2.26 bits per heavy atom. The van der Waals surface area contributed by atoms with Gasteiger partial charge in [0.1, 0.15) is 0 Å². The van der Waals surface area contributed by atoms with E-state index in [1.165, 1.54) is 11.3 Å². The number of carbonyl (C=O) groups is 2. The highest BCUT2D eigenvalue weighted by molar-refractivity contribution is 7.22. The van der Waals surface area contributed by atoms with Crippen molar-refractivity contribution in [1.29, 1.82) is 0 Å². The summed E-state index contributed by atoms with van der Waals surface area (Å²) < 4.78 is 1.05. The van der Waals surface area contributed by atoms with Crippen LogP contribution in [-0.4, -0.2) is 11.6 Å². The predicted octanol–water partition coefficient (Wildman–Crippen LogP) is 3.95. The lowest BCUT2D eigenvalue weighted by atomic mass is 9.87. The summed E-state index contributed by atoms with van der Waals surface area (Å²) in [5.41, 5.74) is 2.31. The van der Waals surface area contributed by atoms with Crippen LogP contribution in [0.3, 0.4) is 0 Å². The highest BCUT2D eigenvalue weighted by Crippen LogP contribution is 2.43. The van der Waals surface area contributed by atoms with Gasteiger partial charge in [-0.2, -0.15) is 0 Å². The number of Topliss-reactive ketones (excluding diaryl/α,β-unsaturated/α-hetero) is 2. The summed E-state index contributed by atoms with van der Waals surface area (Å²) in [6.07, 6.45) is 0. The van der Waals surface area contributed by atoms with Crippen molar-refractivity contribution in [3.05, 3.63) is 59.0 Å².